The molecule has 1 rings (SSSR count). The smallest absolute Gasteiger partial charge is 0.293 e. The Morgan fingerprint density at radius 1 is 1.43 bits per heavy atom. The summed E-state index contributed by atoms with van der Waals surface area (Å²) < 4.78 is 0. The molecule has 0 unspecified atom stereocenters. The van der Waals surface area contributed by atoms with E-state index in [2.05, 4.69) is 25.7 Å². The van der Waals surface area contributed by atoms with Crippen molar-refractivity contribution in [1.82, 2.24) is 0 Å². The van der Waals surface area contributed by atoms with Crippen molar-refractivity contribution >= 4 is 5.91 Å². The topological polar surface area (TPSA) is 43.1 Å². The number of hydrogen-bond acceptors (Lipinski definition) is 1. The van der Waals surface area contributed by atoms with E-state index in [0.717, 1.165) is 5.56 Å². The first-order chi connectivity index (χ1) is 6.59. The molecule has 2 heteroatoms. The van der Waals surface area contributed by atoms with Crippen LogP contribution in [0.3, 0.4) is 0 Å². The minimum atomic E-state index is -0.597. The first-order valence-corrected chi connectivity index (χ1v) is 4.51. The van der Waals surface area contributed by atoms with Crippen molar-refractivity contribution < 1.29 is 4.79 Å². The lowest BCUT2D eigenvalue weighted by Crippen LogP contribution is -2.06. The van der Waals surface area contributed by atoms with Crippen LogP contribution in [-0.4, -0.2) is 5.91 Å². The van der Waals surface area contributed by atoms with Crippen LogP contribution in [0.4, 0.5) is 0 Å². The molecule has 0 atom stereocenters. The molecular formula is C12H13NO. The van der Waals surface area contributed by atoms with Gasteiger partial charge in [0.15, 0.2) is 0 Å². The Morgan fingerprint density at radius 3 is 2.71 bits per heavy atom. The highest BCUT2D eigenvalue weighted by Crippen LogP contribution is 2.14. The normalized spacial score (nSPS) is 9.36. The number of nitrogens with two attached hydrogens (primary N) is 1. The molecule has 0 aromatic heterocycles. The summed E-state index contributed by atoms with van der Waals surface area (Å²) in [5.74, 6) is 4.90. The van der Waals surface area contributed by atoms with Gasteiger partial charge in [-0.05, 0) is 29.5 Å². The molecule has 0 fully saturated rings. The molecular weight excluding hydrogens is 174 g/mol. The average molecular weight is 187 g/mol. The van der Waals surface area contributed by atoms with Gasteiger partial charge in [0.1, 0.15) is 0 Å². The van der Waals surface area contributed by atoms with Crippen LogP contribution < -0.4 is 5.73 Å². The standard InChI is InChI=1S/C12H13NO/c1-9(2)11-5-3-4-10(8-11)6-7-12(13)14/h3-5,8-9H,1-2H3,(H2,13,14). The van der Waals surface area contributed by atoms with E-state index in [0.29, 0.717) is 5.92 Å². The Morgan fingerprint density at radius 2 is 2.14 bits per heavy atom. The number of primary amides is 1. The second-order valence-corrected chi connectivity index (χ2v) is 3.39. The van der Waals surface area contributed by atoms with Crippen LogP contribution in [0.5, 0.6) is 0 Å². The Labute approximate surface area is 84.1 Å². The molecule has 0 heterocycles. The lowest BCUT2D eigenvalue weighted by Gasteiger charge is -2.04. The Bertz CT molecular complexity index is 396. The van der Waals surface area contributed by atoms with Crippen molar-refractivity contribution in [2.45, 2.75) is 19.8 Å². The van der Waals surface area contributed by atoms with Gasteiger partial charge in [-0.1, -0.05) is 31.9 Å². The maximum absolute atomic E-state index is 10.4. The predicted molar refractivity (Wildman–Crippen MR) is 56.6 cm³/mol. The molecule has 0 spiro atoms. The van der Waals surface area contributed by atoms with Gasteiger partial charge in [0, 0.05) is 5.56 Å². The van der Waals surface area contributed by atoms with E-state index in [1.54, 1.807) is 0 Å². The van der Waals surface area contributed by atoms with Gasteiger partial charge in [-0.15, -0.1) is 0 Å². The quantitative estimate of drug-likeness (QED) is 0.667. The van der Waals surface area contributed by atoms with Crippen molar-refractivity contribution in [3.05, 3.63) is 35.4 Å². The highest BCUT2D eigenvalue weighted by Gasteiger charge is 1.98. The molecule has 0 aliphatic carbocycles. The van der Waals surface area contributed by atoms with Gasteiger partial charge in [-0.25, -0.2) is 0 Å². The largest absolute Gasteiger partial charge is 0.359 e. The van der Waals surface area contributed by atoms with Crippen LogP contribution in [0.2, 0.25) is 0 Å². The summed E-state index contributed by atoms with van der Waals surface area (Å²) in [5.41, 5.74) is 6.96. The Hall–Kier alpha value is -1.75. The van der Waals surface area contributed by atoms with Gasteiger partial charge in [0.2, 0.25) is 0 Å². The molecule has 72 valence electrons. The second kappa shape index (κ2) is 4.48. The number of carbonyl (C=O) groups is 1. The number of carbonyl (C=O) groups excluding carboxylic acids is 1. The van der Waals surface area contributed by atoms with E-state index < -0.39 is 5.91 Å². The fourth-order valence-electron chi connectivity index (χ4n) is 1.11. The van der Waals surface area contributed by atoms with Gasteiger partial charge in [0.25, 0.3) is 5.91 Å². The molecule has 2 nitrogen and oxygen atoms in total. The molecule has 0 aliphatic heterocycles. The maximum Gasteiger partial charge on any atom is 0.293 e. The van der Waals surface area contributed by atoms with Crippen molar-refractivity contribution in [1.29, 1.82) is 0 Å². The summed E-state index contributed by atoms with van der Waals surface area (Å²) >= 11 is 0. The monoisotopic (exact) mass is 187 g/mol. The summed E-state index contributed by atoms with van der Waals surface area (Å²) in [6.45, 7) is 4.22. The summed E-state index contributed by atoms with van der Waals surface area (Å²) in [6.07, 6.45) is 0. The van der Waals surface area contributed by atoms with Gasteiger partial charge in [-0.3, -0.25) is 4.79 Å². The fourth-order valence-corrected chi connectivity index (χ4v) is 1.11. The SMILES string of the molecule is CC(C)c1cccc(C#CC(N)=O)c1. The van der Waals surface area contributed by atoms with Crippen LogP contribution >= 0.6 is 0 Å². The lowest BCUT2D eigenvalue weighted by atomic mass is 10.0. The zero-order chi connectivity index (χ0) is 10.6. The zero-order valence-corrected chi connectivity index (χ0v) is 8.37. The molecule has 2 N–H and O–H groups in total. The molecule has 0 saturated carbocycles. The zero-order valence-electron chi connectivity index (χ0n) is 8.37. The number of amides is 1. The molecule has 1 aromatic carbocycles. The number of rotatable bonds is 1. The van der Waals surface area contributed by atoms with Gasteiger partial charge in [-0.2, -0.15) is 0 Å². The van der Waals surface area contributed by atoms with E-state index in [-0.39, 0.29) is 0 Å². The minimum absolute atomic E-state index is 0.463. The van der Waals surface area contributed by atoms with E-state index in [1.165, 1.54) is 5.56 Å². The van der Waals surface area contributed by atoms with Crippen LogP contribution in [0.15, 0.2) is 24.3 Å². The summed E-state index contributed by atoms with van der Waals surface area (Å²) in [7, 11) is 0. The third kappa shape index (κ3) is 2.95. The van der Waals surface area contributed by atoms with E-state index in [1.807, 2.05) is 24.3 Å². The van der Waals surface area contributed by atoms with E-state index in [4.69, 9.17) is 5.73 Å². The predicted octanol–water partition coefficient (Wildman–Crippen LogP) is 1.65. The van der Waals surface area contributed by atoms with Crippen LogP contribution in [0, 0.1) is 11.8 Å². The van der Waals surface area contributed by atoms with E-state index >= 15 is 0 Å². The minimum Gasteiger partial charge on any atom is -0.359 e. The highest BCUT2D eigenvalue weighted by molar-refractivity contribution is 5.92. The third-order valence-corrected chi connectivity index (χ3v) is 1.88. The average Bonchev–Trinajstić information content (AvgIpc) is 2.15. The molecule has 0 bridgehead atoms. The van der Waals surface area contributed by atoms with Crippen LogP contribution in [0.25, 0.3) is 0 Å². The maximum atomic E-state index is 10.4. The summed E-state index contributed by atoms with van der Waals surface area (Å²) in [4.78, 5) is 10.4. The highest BCUT2D eigenvalue weighted by atomic mass is 16.1. The Balaban J connectivity index is 2.96. The first kappa shape index (κ1) is 10.3. The van der Waals surface area contributed by atoms with Crippen molar-refractivity contribution in [3.63, 3.8) is 0 Å². The summed E-state index contributed by atoms with van der Waals surface area (Å²) in [5, 5.41) is 0. The number of hydrogen-bond donors (Lipinski definition) is 1. The summed E-state index contributed by atoms with van der Waals surface area (Å²) in [6, 6.07) is 7.81. The molecule has 14 heavy (non-hydrogen) atoms. The third-order valence-electron chi connectivity index (χ3n) is 1.88. The molecule has 0 aliphatic rings. The molecule has 0 radical (unpaired) electrons. The Kier molecular flexibility index (Phi) is 3.30. The number of benzene rings is 1. The van der Waals surface area contributed by atoms with E-state index in [9.17, 15) is 4.79 Å². The molecule has 0 saturated heterocycles. The molecule has 1 amide bonds. The van der Waals surface area contributed by atoms with Gasteiger partial charge >= 0.3 is 0 Å². The fraction of sp³-hybridized carbons (Fsp3) is 0.250. The molecule has 1 aromatic rings. The van der Waals surface area contributed by atoms with Crippen LogP contribution in [-0.2, 0) is 4.79 Å². The van der Waals surface area contributed by atoms with Crippen molar-refractivity contribution in [3.8, 4) is 11.8 Å². The van der Waals surface area contributed by atoms with Gasteiger partial charge in [0.05, 0.1) is 0 Å². The first-order valence-electron chi connectivity index (χ1n) is 4.51. The van der Waals surface area contributed by atoms with Gasteiger partial charge < -0.3 is 5.73 Å². The van der Waals surface area contributed by atoms with Crippen molar-refractivity contribution in [2.75, 3.05) is 0 Å². The van der Waals surface area contributed by atoms with Crippen molar-refractivity contribution in [2.24, 2.45) is 5.73 Å². The second-order valence-electron chi connectivity index (χ2n) is 3.39. The lowest BCUT2D eigenvalue weighted by molar-refractivity contribution is -0.112. The van der Waals surface area contributed by atoms with Crippen LogP contribution in [0.1, 0.15) is 30.9 Å².